The van der Waals surface area contributed by atoms with Gasteiger partial charge < -0.3 is 5.32 Å². The molecule has 0 spiro atoms. The first kappa shape index (κ1) is 14.6. The van der Waals surface area contributed by atoms with Crippen molar-refractivity contribution >= 4 is 35.1 Å². The zero-order chi connectivity index (χ0) is 13.0. The lowest BCUT2D eigenvalue weighted by atomic mass is 10.0. The monoisotopic (exact) mass is 301 g/mol. The second kappa shape index (κ2) is 7.09. The number of benzene rings is 1. The average molecular weight is 302 g/mol. The number of halogens is 1. The van der Waals surface area contributed by atoms with E-state index in [0.29, 0.717) is 16.5 Å². The third-order valence-corrected chi connectivity index (χ3v) is 6.67. The maximum Gasteiger partial charge on any atom is 0.0451 e. The van der Waals surface area contributed by atoms with Crippen LogP contribution in [0.3, 0.4) is 0 Å². The molecule has 0 aromatic heterocycles. The van der Waals surface area contributed by atoms with E-state index in [2.05, 4.69) is 54.8 Å². The summed E-state index contributed by atoms with van der Waals surface area (Å²) in [6.07, 6.45) is 0. The van der Waals surface area contributed by atoms with Crippen LogP contribution in [0.5, 0.6) is 0 Å². The first-order valence-corrected chi connectivity index (χ1v) is 8.92. The van der Waals surface area contributed by atoms with Crippen LogP contribution in [0.25, 0.3) is 0 Å². The summed E-state index contributed by atoms with van der Waals surface area (Å²) in [7, 11) is 0. The lowest BCUT2D eigenvalue weighted by Gasteiger charge is -2.35. The molecule has 1 fully saturated rings. The van der Waals surface area contributed by atoms with E-state index in [0.717, 1.165) is 11.6 Å². The van der Waals surface area contributed by atoms with Gasteiger partial charge in [0.25, 0.3) is 0 Å². The number of nitrogens with one attached hydrogen (secondary N) is 1. The van der Waals surface area contributed by atoms with Crippen molar-refractivity contribution in [3.05, 3.63) is 34.9 Å². The third-order valence-electron chi connectivity index (χ3n) is 3.22. The molecule has 1 aromatic rings. The Bertz CT molecular complexity index is 369. The van der Waals surface area contributed by atoms with Crippen LogP contribution in [-0.2, 0) is 0 Å². The van der Waals surface area contributed by atoms with Gasteiger partial charge >= 0.3 is 0 Å². The van der Waals surface area contributed by atoms with Crippen molar-refractivity contribution in [2.24, 2.45) is 0 Å². The van der Waals surface area contributed by atoms with Gasteiger partial charge in [-0.2, -0.15) is 23.5 Å². The Balaban J connectivity index is 2.18. The average Bonchev–Trinajstić information content (AvgIpc) is 2.38. The van der Waals surface area contributed by atoms with E-state index in [1.807, 2.05) is 12.1 Å². The molecule has 0 radical (unpaired) electrons. The Morgan fingerprint density at radius 3 is 2.56 bits per heavy atom. The summed E-state index contributed by atoms with van der Waals surface area (Å²) in [5.74, 6) is 2.54. The SMILES string of the molecule is CCNC(c1ccc(Cl)cc1)C1SCCSC1C. The highest BCUT2D eigenvalue weighted by atomic mass is 35.5. The van der Waals surface area contributed by atoms with Crippen molar-refractivity contribution in [2.45, 2.75) is 30.4 Å². The van der Waals surface area contributed by atoms with Gasteiger partial charge in [-0.1, -0.05) is 37.6 Å². The Morgan fingerprint density at radius 1 is 1.28 bits per heavy atom. The van der Waals surface area contributed by atoms with Crippen LogP contribution in [0.15, 0.2) is 24.3 Å². The Morgan fingerprint density at radius 2 is 1.94 bits per heavy atom. The van der Waals surface area contributed by atoms with Crippen molar-refractivity contribution in [2.75, 3.05) is 18.1 Å². The summed E-state index contributed by atoms with van der Waals surface area (Å²) in [6.45, 7) is 5.53. The highest BCUT2D eigenvalue weighted by molar-refractivity contribution is 8.07. The molecule has 2 rings (SSSR count). The standard InChI is InChI=1S/C14H20ClNS2/c1-3-16-13(11-4-6-12(15)7-5-11)14-10(2)17-8-9-18-14/h4-7,10,13-14,16H,3,8-9H2,1-2H3. The molecule has 0 aliphatic carbocycles. The molecule has 0 bridgehead atoms. The molecule has 1 saturated heterocycles. The molecule has 1 nitrogen and oxygen atoms in total. The first-order valence-electron chi connectivity index (χ1n) is 6.44. The van der Waals surface area contributed by atoms with Gasteiger partial charge in [-0.25, -0.2) is 0 Å². The Labute approximate surface area is 123 Å². The first-order chi connectivity index (χ1) is 8.72. The summed E-state index contributed by atoms with van der Waals surface area (Å²) in [5, 5.41) is 5.80. The third kappa shape index (κ3) is 3.60. The van der Waals surface area contributed by atoms with E-state index in [9.17, 15) is 0 Å². The van der Waals surface area contributed by atoms with Crippen molar-refractivity contribution in [3.8, 4) is 0 Å². The predicted molar refractivity (Wildman–Crippen MR) is 86.0 cm³/mol. The maximum atomic E-state index is 5.98. The topological polar surface area (TPSA) is 12.0 Å². The van der Waals surface area contributed by atoms with E-state index in [1.165, 1.54) is 17.1 Å². The predicted octanol–water partition coefficient (Wildman–Crippen LogP) is 4.23. The van der Waals surface area contributed by atoms with Crippen LogP contribution in [0.1, 0.15) is 25.5 Å². The van der Waals surface area contributed by atoms with Gasteiger partial charge in [-0.05, 0) is 24.2 Å². The van der Waals surface area contributed by atoms with Gasteiger partial charge in [-0.15, -0.1) is 0 Å². The number of hydrogen-bond donors (Lipinski definition) is 1. The molecule has 100 valence electrons. The summed E-state index contributed by atoms with van der Waals surface area (Å²) in [5.41, 5.74) is 1.35. The molecule has 4 heteroatoms. The fourth-order valence-corrected chi connectivity index (χ4v) is 5.40. The van der Waals surface area contributed by atoms with Crippen LogP contribution in [-0.4, -0.2) is 28.6 Å². The zero-order valence-corrected chi connectivity index (χ0v) is 13.2. The Kier molecular flexibility index (Phi) is 5.74. The van der Waals surface area contributed by atoms with E-state index in [-0.39, 0.29) is 0 Å². The normalized spacial score (nSPS) is 25.9. The van der Waals surface area contributed by atoms with Crippen LogP contribution in [0.4, 0.5) is 0 Å². The van der Waals surface area contributed by atoms with Gasteiger partial charge in [0.15, 0.2) is 0 Å². The van der Waals surface area contributed by atoms with E-state index in [4.69, 9.17) is 11.6 Å². The number of hydrogen-bond acceptors (Lipinski definition) is 3. The second-order valence-corrected chi connectivity index (χ2v) is 7.71. The smallest absolute Gasteiger partial charge is 0.0451 e. The molecule has 1 heterocycles. The van der Waals surface area contributed by atoms with Crippen molar-refractivity contribution < 1.29 is 0 Å². The molecule has 3 atom stereocenters. The second-order valence-electron chi connectivity index (χ2n) is 4.50. The molecular formula is C14H20ClNS2. The summed E-state index contributed by atoms with van der Waals surface area (Å²) in [6, 6.07) is 8.73. The molecule has 1 aliphatic heterocycles. The fraction of sp³-hybridized carbons (Fsp3) is 0.571. The minimum Gasteiger partial charge on any atom is -0.309 e. The highest BCUT2D eigenvalue weighted by Gasteiger charge is 2.30. The van der Waals surface area contributed by atoms with E-state index >= 15 is 0 Å². The lowest BCUT2D eigenvalue weighted by molar-refractivity contribution is 0.526. The van der Waals surface area contributed by atoms with E-state index in [1.54, 1.807) is 0 Å². The van der Waals surface area contributed by atoms with Gasteiger partial charge in [0, 0.05) is 33.1 Å². The molecule has 1 aliphatic rings. The van der Waals surface area contributed by atoms with Gasteiger partial charge in [0.1, 0.15) is 0 Å². The van der Waals surface area contributed by atoms with Gasteiger partial charge in [0.05, 0.1) is 0 Å². The molecule has 3 unspecified atom stereocenters. The molecule has 18 heavy (non-hydrogen) atoms. The van der Waals surface area contributed by atoms with Crippen molar-refractivity contribution in [1.29, 1.82) is 0 Å². The molecule has 1 aromatic carbocycles. The Hall–Kier alpha value is 0.170. The highest BCUT2D eigenvalue weighted by Crippen LogP contribution is 2.38. The van der Waals surface area contributed by atoms with Crippen molar-refractivity contribution in [1.82, 2.24) is 5.32 Å². The summed E-state index contributed by atoms with van der Waals surface area (Å²) < 4.78 is 0. The fourth-order valence-electron chi connectivity index (χ4n) is 2.33. The number of thioether (sulfide) groups is 2. The quantitative estimate of drug-likeness (QED) is 0.894. The van der Waals surface area contributed by atoms with Crippen LogP contribution >= 0.6 is 35.1 Å². The largest absolute Gasteiger partial charge is 0.309 e. The van der Waals surface area contributed by atoms with E-state index < -0.39 is 0 Å². The minimum atomic E-state index is 0.431. The molecule has 0 amide bonds. The minimum absolute atomic E-state index is 0.431. The van der Waals surface area contributed by atoms with Gasteiger partial charge in [-0.3, -0.25) is 0 Å². The molecular weight excluding hydrogens is 282 g/mol. The van der Waals surface area contributed by atoms with Crippen LogP contribution in [0, 0.1) is 0 Å². The van der Waals surface area contributed by atoms with Crippen molar-refractivity contribution in [3.63, 3.8) is 0 Å². The summed E-state index contributed by atoms with van der Waals surface area (Å²) in [4.78, 5) is 0. The molecule has 0 saturated carbocycles. The number of rotatable bonds is 4. The molecule has 1 N–H and O–H groups in total. The maximum absolute atomic E-state index is 5.98. The van der Waals surface area contributed by atoms with Crippen LogP contribution < -0.4 is 5.32 Å². The lowest BCUT2D eigenvalue weighted by Crippen LogP contribution is -2.37. The van der Waals surface area contributed by atoms with Crippen LogP contribution in [0.2, 0.25) is 5.02 Å². The summed E-state index contributed by atoms with van der Waals surface area (Å²) >= 11 is 10.2. The zero-order valence-electron chi connectivity index (χ0n) is 10.9. The van der Waals surface area contributed by atoms with Gasteiger partial charge in [0.2, 0.25) is 0 Å².